The van der Waals surface area contributed by atoms with E-state index in [1.54, 1.807) is 12.1 Å². The number of rotatable bonds is 6. The van der Waals surface area contributed by atoms with Crippen molar-refractivity contribution in [1.29, 1.82) is 0 Å². The zero-order valence-corrected chi connectivity index (χ0v) is 15.6. The number of carbonyl (C=O) groups excluding carboxylic acids is 1. The molecule has 28 heavy (non-hydrogen) atoms. The highest BCUT2D eigenvalue weighted by molar-refractivity contribution is 5.76. The molecule has 2 aromatic heterocycles. The molecule has 0 aliphatic carbocycles. The van der Waals surface area contributed by atoms with E-state index in [-0.39, 0.29) is 29.7 Å². The molecule has 3 atom stereocenters. The maximum atomic E-state index is 13.2. The molecule has 8 heteroatoms. The summed E-state index contributed by atoms with van der Waals surface area (Å²) >= 11 is 0. The average Bonchev–Trinajstić information content (AvgIpc) is 3.27. The predicted molar refractivity (Wildman–Crippen MR) is 103 cm³/mol. The Morgan fingerprint density at radius 1 is 1.18 bits per heavy atom. The number of aromatic nitrogens is 3. The van der Waals surface area contributed by atoms with Crippen LogP contribution in [-0.4, -0.2) is 33.1 Å². The van der Waals surface area contributed by atoms with Crippen LogP contribution in [0.25, 0.3) is 5.65 Å². The molecule has 1 aliphatic rings. The molecule has 1 amide bonds. The minimum absolute atomic E-state index is 0.0108. The van der Waals surface area contributed by atoms with Gasteiger partial charge in [-0.3, -0.25) is 14.6 Å². The van der Waals surface area contributed by atoms with E-state index in [1.807, 2.05) is 35.7 Å². The van der Waals surface area contributed by atoms with Crippen molar-refractivity contribution in [3.8, 4) is 0 Å². The lowest BCUT2D eigenvalue weighted by Crippen LogP contribution is -2.32. The number of hydrogen-bond donors (Lipinski definition) is 3. The molecular formula is C20H23FN6O. The number of nitrogens with one attached hydrogen (secondary N) is 3. The van der Waals surface area contributed by atoms with Gasteiger partial charge in [-0.15, -0.1) is 10.2 Å². The fraction of sp³-hybridized carbons (Fsp3) is 0.350. The third kappa shape index (κ3) is 3.88. The van der Waals surface area contributed by atoms with Gasteiger partial charge in [-0.25, -0.2) is 9.82 Å². The molecule has 0 radical (unpaired) electrons. The zero-order valence-electron chi connectivity index (χ0n) is 15.6. The maximum absolute atomic E-state index is 13.2. The second-order valence-electron chi connectivity index (χ2n) is 7.12. The molecule has 4 rings (SSSR count). The second-order valence-corrected chi connectivity index (χ2v) is 7.12. The smallest absolute Gasteiger partial charge is 0.220 e. The highest BCUT2D eigenvalue weighted by Gasteiger charge is 2.35. The molecule has 3 unspecified atom stereocenters. The summed E-state index contributed by atoms with van der Waals surface area (Å²) < 4.78 is 15.1. The summed E-state index contributed by atoms with van der Waals surface area (Å²) in [5, 5.41) is 11.3. The molecule has 1 aliphatic heterocycles. The average molecular weight is 382 g/mol. The van der Waals surface area contributed by atoms with E-state index in [9.17, 15) is 9.18 Å². The molecule has 3 heterocycles. The summed E-state index contributed by atoms with van der Waals surface area (Å²) in [4.78, 5) is 12.5. The van der Waals surface area contributed by atoms with E-state index in [4.69, 9.17) is 0 Å². The molecule has 7 nitrogen and oxygen atoms in total. The predicted octanol–water partition coefficient (Wildman–Crippen LogP) is 1.77. The highest BCUT2D eigenvalue weighted by atomic mass is 19.1. The van der Waals surface area contributed by atoms with Crippen molar-refractivity contribution >= 4 is 11.6 Å². The topological polar surface area (TPSA) is 83.3 Å². The number of benzene rings is 1. The Morgan fingerprint density at radius 2 is 2.00 bits per heavy atom. The first kappa shape index (κ1) is 18.5. The van der Waals surface area contributed by atoms with Gasteiger partial charge in [0.25, 0.3) is 0 Å². The van der Waals surface area contributed by atoms with Crippen molar-refractivity contribution in [2.24, 2.45) is 5.92 Å². The van der Waals surface area contributed by atoms with Crippen molar-refractivity contribution in [3.05, 3.63) is 65.9 Å². The molecule has 0 bridgehead atoms. The molecule has 3 aromatic rings. The Balaban J connectivity index is 1.33. The van der Waals surface area contributed by atoms with Crippen LogP contribution in [0.1, 0.15) is 30.8 Å². The van der Waals surface area contributed by atoms with Crippen LogP contribution in [0.4, 0.5) is 4.39 Å². The number of carbonyl (C=O) groups is 1. The summed E-state index contributed by atoms with van der Waals surface area (Å²) in [6, 6.07) is 12.2. The molecule has 146 valence electrons. The van der Waals surface area contributed by atoms with Crippen molar-refractivity contribution in [1.82, 2.24) is 30.8 Å². The van der Waals surface area contributed by atoms with Gasteiger partial charge in [0.1, 0.15) is 11.6 Å². The fourth-order valence-corrected chi connectivity index (χ4v) is 3.68. The van der Waals surface area contributed by atoms with Crippen molar-refractivity contribution in [3.63, 3.8) is 0 Å². The van der Waals surface area contributed by atoms with Crippen molar-refractivity contribution < 1.29 is 9.18 Å². The van der Waals surface area contributed by atoms with Gasteiger partial charge < -0.3 is 5.32 Å². The Labute approximate surface area is 162 Å². The molecule has 1 aromatic carbocycles. The van der Waals surface area contributed by atoms with Gasteiger partial charge in [0.2, 0.25) is 5.91 Å². The minimum Gasteiger partial charge on any atom is -0.356 e. The standard InChI is InChI=1S/C20H23FN6O/c1-13-16(20(26-23-13)14-5-7-15(21)8-6-14)12-19(28)22-10-9-18-25-24-17-4-2-3-11-27(17)18/h2-8,11,13,16,20,23,26H,9-10,12H2,1H3,(H,22,28). The van der Waals surface area contributed by atoms with E-state index in [1.165, 1.54) is 12.1 Å². The quantitative estimate of drug-likeness (QED) is 0.605. The van der Waals surface area contributed by atoms with Crippen LogP contribution in [0.2, 0.25) is 0 Å². The number of amides is 1. The van der Waals surface area contributed by atoms with Gasteiger partial charge in [0.15, 0.2) is 5.65 Å². The van der Waals surface area contributed by atoms with Crippen molar-refractivity contribution in [2.75, 3.05) is 6.54 Å². The number of hydrogen-bond acceptors (Lipinski definition) is 5. The first-order valence-electron chi connectivity index (χ1n) is 9.43. The summed E-state index contributed by atoms with van der Waals surface area (Å²) in [6.45, 7) is 2.54. The van der Waals surface area contributed by atoms with Crippen LogP contribution in [0, 0.1) is 11.7 Å². The molecule has 0 spiro atoms. The summed E-state index contributed by atoms with van der Waals surface area (Å²) in [5.41, 5.74) is 8.17. The van der Waals surface area contributed by atoms with Crippen LogP contribution in [-0.2, 0) is 11.2 Å². The number of halogens is 1. The van der Waals surface area contributed by atoms with Crippen LogP contribution >= 0.6 is 0 Å². The number of pyridine rings is 1. The van der Waals surface area contributed by atoms with Crippen LogP contribution < -0.4 is 16.2 Å². The molecule has 1 saturated heterocycles. The zero-order chi connectivity index (χ0) is 19.5. The van der Waals surface area contributed by atoms with Crippen LogP contribution in [0.3, 0.4) is 0 Å². The highest BCUT2D eigenvalue weighted by Crippen LogP contribution is 2.31. The minimum atomic E-state index is -0.266. The third-order valence-electron chi connectivity index (χ3n) is 5.24. The fourth-order valence-electron chi connectivity index (χ4n) is 3.68. The summed E-state index contributed by atoms with van der Waals surface area (Å²) in [5.74, 6) is 0.610. The lowest BCUT2D eigenvalue weighted by Gasteiger charge is -2.21. The van der Waals surface area contributed by atoms with E-state index in [0.29, 0.717) is 19.4 Å². The van der Waals surface area contributed by atoms with Gasteiger partial charge in [-0.2, -0.15) is 0 Å². The van der Waals surface area contributed by atoms with Gasteiger partial charge in [0.05, 0.1) is 6.04 Å². The first-order chi connectivity index (χ1) is 13.6. The first-order valence-corrected chi connectivity index (χ1v) is 9.43. The van der Waals surface area contributed by atoms with Crippen molar-refractivity contribution in [2.45, 2.75) is 31.8 Å². The molecular weight excluding hydrogens is 359 g/mol. The number of hydrazine groups is 1. The third-order valence-corrected chi connectivity index (χ3v) is 5.24. The summed E-state index contributed by atoms with van der Waals surface area (Å²) in [7, 11) is 0. The van der Waals surface area contributed by atoms with Crippen LogP contribution in [0.15, 0.2) is 48.7 Å². The maximum Gasteiger partial charge on any atom is 0.220 e. The van der Waals surface area contributed by atoms with E-state index < -0.39 is 0 Å². The Bertz CT molecular complexity index is 957. The molecule has 1 fully saturated rings. The monoisotopic (exact) mass is 382 g/mol. The van der Waals surface area contributed by atoms with Gasteiger partial charge in [-0.1, -0.05) is 18.2 Å². The Morgan fingerprint density at radius 3 is 2.82 bits per heavy atom. The van der Waals surface area contributed by atoms with Crippen LogP contribution in [0.5, 0.6) is 0 Å². The lowest BCUT2D eigenvalue weighted by atomic mass is 9.87. The van der Waals surface area contributed by atoms with Gasteiger partial charge >= 0.3 is 0 Å². The van der Waals surface area contributed by atoms with E-state index >= 15 is 0 Å². The number of nitrogens with zero attached hydrogens (tertiary/aromatic N) is 3. The largest absolute Gasteiger partial charge is 0.356 e. The Kier molecular flexibility index (Phi) is 5.31. The molecule has 0 saturated carbocycles. The van der Waals surface area contributed by atoms with Gasteiger partial charge in [-0.05, 0) is 36.8 Å². The lowest BCUT2D eigenvalue weighted by molar-refractivity contribution is -0.122. The normalized spacial score (nSPS) is 21.9. The SMILES string of the molecule is CC1NNC(c2ccc(F)cc2)C1CC(=O)NCCc1nnc2ccccn12. The van der Waals surface area contributed by atoms with E-state index in [2.05, 4.69) is 26.4 Å². The van der Waals surface area contributed by atoms with Gasteiger partial charge in [0, 0.05) is 37.5 Å². The summed E-state index contributed by atoms with van der Waals surface area (Å²) in [6.07, 6.45) is 2.90. The second kappa shape index (κ2) is 8.04. The van der Waals surface area contributed by atoms with E-state index in [0.717, 1.165) is 17.0 Å². The Hall–Kier alpha value is -2.84. The molecule has 3 N–H and O–H groups in total. The number of fused-ring (bicyclic) bond motifs is 1.